The number of thioether (sulfide) groups is 1. The first-order valence-corrected chi connectivity index (χ1v) is 7.46. The minimum atomic E-state index is -0.400. The van der Waals surface area contributed by atoms with E-state index in [9.17, 15) is 9.59 Å². The molecule has 0 saturated carbocycles. The third-order valence-corrected chi connectivity index (χ3v) is 4.45. The van der Waals surface area contributed by atoms with Crippen LogP contribution in [0.3, 0.4) is 0 Å². The second kappa shape index (κ2) is 5.57. The van der Waals surface area contributed by atoms with Gasteiger partial charge in [0, 0.05) is 11.8 Å². The van der Waals surface area contributed by atoms with Crippen molar-refractivity contribution in [2.24, 2.45) is 5.73 Å². The van der Waals surface area contributed by atoms with E-state index in [-0.39, 0.29) is 17.0 Å². The SMILES string of the molecule is NC(=O)CSC1c2ccccc2C(=O)N1c1cccnc1. The van der Waals surface area contributed by atoms with Crippen molar-refractivity contribution in [1.82, 2.24) is 4.98 Å². The lowest BCUT2D eigenvalue weighted by Gasteiger charge is -2.24. The Bertz CT molecular complexity index is 690. The Labute approximate surface area is 126 Å². The van der Waals surface area contributed by atoms with Crippen LogP contribution in [0.25, 0.3) is 0 Å². The van der Waals surface area contributed by atoms with E-state index in [1.807, 2.05) is 24.3 Å². The monoisotopic (exact) mass is 299 g/mol. The van der Waals surface area contributed by atoms with Gasteiger partial charge in [0.05, 0.1) is 17.6 Å². The summed E-state index contributed by atoms with van der Waals surface area (Å²) in [7, 11) is 0. The molecule has 0 saturated heterocycles. The van der Waals surface area contributed by atoms with Gasteiger partial charge in [-0.2, -0.15) is 0 Å². The van der Waals surface area contributed by atoms with Crippen molar-refractivity contribution in [3.8, 4) is 0 Å². The van der Waals surface area contributed by atoms with Crippen LogP contribution in [0.4, 0.5) is 5.69 Å². The fourth-order valence-corrected chi connectivity index (χ4v) is 3.43. The van der Waals surface area contributed by atoms with Crippen molar-refractivity contribution in [2.45, 2.75) is 5.37 Å². The van der Waals surface area contributed by atoms with Crippen molar-refractivity contribution in [3.63, 3.8) is 0 Å². The van der Waals surface area contributed by atoms with Gasteiger partial charge in [-0.15, -0.1) is 11.8 Å². The lowest BCUT2D eigenvalue weighted by Crippen LogP contribution is -2.27. The molecule has 1 aliphatic rings. The fourth-order valence-electron chi connectivity index (χ4n) is 2.36. The highest BCUT2D eigenvalue weighted by atomic mass is 32.2. The van der Waals surface area contributed by atoms with Gasteiger partial charge in [-0.25, -0.2) is 0 Å². The topological polar surface area (TPSA) is 76.3 Å². The summed E-state index contributed by atoms with van der Waals surface area (Å²) in [4.78, 5) is 29.4. The van der Waals surface area contributed by atoms with Crippen LogP contribution in [0.5, 0.6) is 0 Å². The molecule has 1 aliphatic heterocycles. The van der Waals surface area contributed by atoms with Crippen LogP contribution in [-0.4, -0.2) is 22.6 Å². The van der Waals surface area contributed by atoms with Crippen LogP contribution in [-0.2, 0) is 4.79 Å². The fraction of sp³-hybridized carbons (Fsp3) is 0.133. The van der Waals surface area contributed by atoms with E-state index in [4.69, 9.17) is 5.73 Å². The van der Waals surface area contributed by atoms with E-state index in [1.165, 1.54) is 11.8 Å². The van der Waals surface area contributed by atoms with Crippen molar-refractivity contribution in [2.75, 3.05) is 10.7 Å². The summed E-state index contributed by atoms with van der Waals surface area (Å²) in [6.07, 6.45) is 3.30. The highest BCUT2D eigenvalue weighted by Gasteiger charge is 2.37. The minimum Gasteiger partial charge on any atom is -0.369 e. The molecule has 0 aliphatic carbocycles. The number of carbonyl (C=O) groups is 2. The van der Waals surface area contributed by atoms with Crippen molar-refractivity contribution < 1.29 is 9.59 Å². The van der Waals surface area contributed by atoms with Crippen LogP contribution in [0.15, 0.2) is 48.8 Å². The average Bonchev–Trinajstić information content (AvgIpc) is 2.79. The maximum absolute atomic E-state index is 12.6. The molecule has 6 heteroatoms. The van der Waals surface area contributed by atoms with Gasteiger partial charge in [0.25, 0.3) is 5.91 Å². The lowest BCUT2D eigenvalue weighted by molar-refractivity contribution is -0.115. The number of carbonyl (C=O) groups excluding carboxylic acids is 2. The van der Waals surface area contributed by atoms with Gasteiger partial charge < -0.3 is 5.73 Å². The summed E-state index contributed by atoms with van der Waals surface area (Å²) >= 11 is 1.34. The molecule has 1 aromatic heterocycles. The number of amides is 2. The van der Waals surface area contributed by atoms with Crippen molar-refractivity contribution >= 4 is 29.3 Å². The first-order chi connectivity index (χ1) is 10.2. The Balaban J connectivity index is 2.02. The zero-order valence-electron chi connectivity index (χ0n) is 11.1. The molecular formula is C15H13N3O2S. The summed E-state index contributed by atoms with van der Waals surface area (Å²) in [5, 5.41) is -0.259. The highest BCUT2D eigenvalue weighted by molar-refractivity contribution is 8.00. The lowest BCUT2D eigenvalue weighted by atomic mass is 10.1. The number of pyridine rings is 1. The molecule has 0 bridgehead atoms. The first kappa shape index (κ1) is 13.6. The Morgan fingerprint density at radius 2 is 2.10 bits per heavy atom. The molecule has 2 aromatic rings. The second-order valence-corrected chi connectivity index (χ2v) is 5.67. The Kier molecular flexibility index (Phi) is 3.62. The quantitative estimate of drug-likeness (QED) is 0.936. The Hall–Kier alpha value is -2.34. The van der Waals surface area contributed by atoms with Crippen LogP contribution in [0.2, 0.25) is 0 Å². The zero-order chi connectivity index (χ0) is 14.8. The maximum atomic E-state index is 12.6. The molecule has 1 aromatic carbocycles. The third-order valence-electron chi connectivity index (χ3n) is 3.22. The molecule has 5 nitrogen and oxygen atoms in total. The number of hydrogen-bond acceptors (Lipinski definition) is 4. The predicted octanol–water partition coefficient (Wildman–Crippen LogP) is 1.96. The number of anilines is 1. The van der Waals surface area contributed by atoms with Gasteiger partial charge in [-0.1, -0.05) is 18.2 Å². The van der Waals surface area contributed by atoms with E-state index in [0.29, 0.717) is 11.3 Å². The maximum Gasteiger partial charge on any atom is 0.259 e. The third kappa shape index (κ3) is 2.50. The zero-order valence-corrected chi connectivity index (χ0v) is 11.9. The number of benzene rings is 1. The van der Waals surface area contributed by atoms with Crippen LogP contribution in [0.1, 0.15) is 21.3 Å². The molecular weight excluding hydrogens is 286 g/mol. The second-order valence-electron chi connectivity index (χ2n) is 4.60. The van der Waals surface area contributed by atoms with Crippen LogP contribution >= 0.6 is 11.8 Å². The number of aromatic nitrogens is 1. The first-order valence-electron chi connectivity index (χ1n) is 6.41. The molecule has 2 amide bonds. The normalized spacial score (nSPS) is 16.9. The number of nitrogens with zero attached hydrogens (tertiary/aromatic N) is 2. The number of hydrogen-bond donors (Lipinski definition) is 1. The van der Waals surface area contributed by atoms with Gasteiger partial charge in [0.15, 0.2) is 0 Å². The number of fused-ring (bicyclic) bond motifs is 1. The van der Waals surface area contributed by atoms with Crippen LogP contribution in [0, 0.1) is 0 Å². The molecule has 106 valence electrons. The Morgan fingerprint density at radius 1 is 1.29 bits per heavy atom. The van der Waals surface area contributed by atoms with Crippen molar-refractivity contribution in [1.29, 1.82) is 0 Å². The van der Waals surface area contributed by atoms with Gasteiger partial charge in [0.2, 0.25) is 5.91 Å². The largest absolute Gasteiger partial charge is 0.369 e. The van der Waals surface area contributed by atoms with Crippen LogP contribution < -0.4 is 10.6 Å². The van der Waals surface area contributed by atoms with E-state index >= 15 is 0 Å². The van der Waals surface area contributed by atoms with Gasteiger partial charge >= 0.3 is 0 Å². The summed E-state index contributed by atoms with van der Waals surface area (Å²) in [5.41, 5.74) is 7.50. The molecule has 1 atom stereocenters. The van der Waals surface area contributed by atoms with E-state index in [1.54, 1.807) is 29.4 Å². The molecule has 0 fully saturated rings. The molecule has 3 rings (SSSR count). The number of primary amides is 1. The highest BCUT2D eigenvalue weighted by Crippen LogP contribution is 2.43. The van der Waals surface area contributed by atoms with E-state index in [2.05, 4.69) is 4.98 Å². The molecule has 0 radical (unpaired) electrons. The van der Waals surface area contributed by atoms with E-state index in [0.717, 1.165) is 5.56 Å². The molecule has 1 unspecified atom stereocenters. The van der Waals surface area contributed by atoms with Crippen molar-refractivity contribution in [3.05, 3.63) is 59.9 Å². The molecule has 2 N–H and O–H groups in total. The minimum absolute atomic E-state index is 0.0828. The predicted molar refractivity (Wildman–Crippen MR) is 81.9 cm³/mol. The standard InChI is InChI=1S/C15H13N3O2S/c16-13(19)9-21-15-12-6-2-1-5-11(12)14(20)18(15)10-4-3-7-17-8-10/h1-8,15H,9H2,(H2,16,19). The summed E-state index contributed by atoms with van der Waals surface area (Å²) in [6, 6.07) is 11.0. The van der Waals surface area contributed by atoms with E-state index < -0.39 is 5.91 Å². The van der Waals surface area contributed by atoms with Gasteiger partial charge in [-0.3, -0.25) is 19.5 Å². The average molecular weight is 299 g/mol. The van der Waals surface area contributed by atoms with Gasteiger partial charge in [-0.05, 0) is 23.8 Å². The molecule has 0 spiro atoms. The number of nitrogens with two attached hydrogens (primary N) is 1. The number of rotatable bonds is 4. The Morgan fingerprint density at radius 3 is 2.81 bits per heavy atom. The summed E-state index contributed by atoms with van der Waals surface area (Å²) < 4.78 is 0. The molecule has 21 heavy (non-hydrogen) atoms. The summed E-state index contributed by atoms with van der Waals surface area (Å²) in [6.45, 7) is 0. The van der Waals surface area contributed by atoms with Gasteiger partial charge in [0.1, 0.15) is 5.37 Å². The smallest absolute Gasteiger partial charge is 0.259 e. The molecule has 2 heterocycles. The summed E-state index contributed by atoms with van der Waals surface area (Å²) in [5.74, 6) is -0.327.